The van der Waals surface area contributed by atoms with Crippen molar-refractivity contribution >= 4 is 34.7 Å². The molecule has 1 N–H and O–H groups in total. The molecule has 14 heavy (non-hydrogen) atoms. The van der Waals surface area contributed by atoms with Crippen LogP contribution in [0.4, 0.5) is 0 Å². The van der Waals surface area contributed by atoms with Gasteiger partial charge < -0.3 is 5.11 Å². The number of thiophene rings is 1. The molecule has 1 aromatic rings. The molecule has 1 unspecified atom stereocenters. The lowest BCUT2D eigenvalue weighted by Gasteiger charge is -2.10. The van der Waals surface area contributed by atoms with Crippen LogP contribution < -0.4 is 0 Å². The van der Waals surface area contributed by atoms with Crippen LogP contribution in [0.1, 0.15) is 18.7 Å². The Morgan fingerprint density at radius 1 is 1.50 bits per heavy atom. The number of hydrogen-bond acceptors (Lipinski definition) is 3. The van der Waals surface area contributed by atoms with Crippen molar-refractivity contribution in [1.82, 2.24) is 0 Å². The van der Waals surface area contributed by atoms with Crippen molar-refractivity contribution in [2.75, 3.05) is 5.75 Å². The molecule has 1 nitrogen and oxygen atoms in total. The van der Waals surface area contributed by atoms with E-state index in [1.807, 2.05) is 12.1 Å². The molecule has 1 heterocycles. The first-order valence-electron chi connectivity index (χ1n) is 4.62. The number of aliphatic hydroxyl groups excluding tert-OH is 1. The number of halogens is 1. The fraction of sp³-hybridized carbons (Fsp3) is 0.600. The maximum Gasteiger partial charge on any atom is 0.0931 e. The number of hydrogen-bond donors (Lipinski definition) is 1. The first-order valence-corrected chi connectivity index (χ1v) is 6.86. The maximum atomic E-state index is 9.70. The second kappa shape index (κ2) is 6.01. The van der Waals surface area contributed by atoms with Gasteiger partial charge >= 0.3 is 0 Å². The summed E-state index contributed by atoms with van der Waals surface area (Å²) in [6, 6.07) is 3.86. The lowest BCUT2D eigenvalue weighted by molar-refractivity contribution is 0.201. The van der Waals surface area contributed by atoms with Crippen LogP contribution >= 0.6 is 34.7 Å². The van der Waals surface area contributed by atoms with Gasteiger partial charge in [-0.25, -0.2) is 0 Å². The summed E-state index contributed by atoms with van der Waals surface area (Å²) in [5.74, 6) is 0.799. The molecule has 0 bridgehead atoms. The van der Waals surface area contributed by atoms with E-state index in [4.69, 9.17) is 11.6 Å². The summed E-state index contributed by atoms with van der Waals surface area (Å²) in [7, 11) is 0. The summed E-state index contributed by atoms with van der Waals surface area (Å²) >= 11 is 9.14. The van der Waals surface area contributed by atoms with Crippen molar-refractivity contribution < 1.29 is 5.11 Å². The smallest absolute Gasteiger partial charge is 0.0931 e. The summed E-state index contributed by atoms with van der Waals surface area (Å²) in [5.41, 5.74) is 0. The minimum Gasteiger partial charge on any atom is -0.392 e. The third-order valence-electron chi connectivity index (χ3n) is 1.69. The van der Waals surface area contributed by atoms with Crippen LogP contribution in [0.2, 0.25) is 4.34 Å². The van der Waals surface area contributed by atoms with Gasteiger partial charge in [0.1, 0.15) is 0 Å². The number of aliphatic hydroxyl groups is 1. The molecule has 80 valence electrons. The number of rotatable bonds is 5. The van der Waals surface area contributed by atoms with E-state index in [0.29, 0.717) is 5.25 Å². The van der Waals surface area contributed by atoms with Crippen molar-refractivity contribution in [2.45, 2.75) is 31.6 Å². The lowest BCUT2D eigenvalue weighted by atomic mass is 10.2. The molecular formula is C10H15ClOS2. The van der Waals surface area contributed by atoms with Gasteiger partial charge in [0.05, 0.1) is 10.4 Å². The first kappa shape index (κ1) is 12.4. The molecule has 0 radical (unpaired) electrons. The predicted molar refractivity (Wildman–Crippen MR) is 66.6 cm³/mol. The minimum absolute atomic E-state index is 0.253. The molecular weight excluding hydrogens is 236 g/mol. The van der Waals surface area contributed by atoms with Gasteiger partial charge in [0, 0.05) is 17.1 Å². The van der Waals surface area contributed by atoms with Gasteiger partial charge in [0.15, 0.2) is 0 Å². The molecule has 1 atom stereocenters. The van der Waals surface area contributed by atoms with Gasteiger partial charge in [-0.3, -0.25) is 0 Å². The zero-order valence-electron chi connectivity index (χ0n) is 8.37. The van der Waals surface area contributed by atoms with Crippen LogP contribution in [0.3, 0.4) is 0 Å². The second-order valence-corrected chi connectivity index (χ2v) is 6.85. The Hall–Kier alpha value is 0.300. The molecule has 1 aromatic heterocycles. The van der Waals surface area contributed by atoms with E-state index in [-0.39, 0.29) is 6.10 Å². The molecule has 0 spiro atoms. The van der Waals surface area contributed by atoms with Gasteiger partial charge in [0.2, 0.25) is 0 Å². The highest BCUT2D eigenvalue weighted by Gasteiger charge is 2.08. The molecule has 0 aliphatic carbocycles. The molecule has 0 aromatic carbocycles. The second-order valence-electron chi connectivity index (χ2n) is 3.45. The van der Waals surface area contributed by atoms with Crippen molar-refractivity contribution in [3.8, 4) is 0 Å². The van der Waals surface area contributed by atoms with Crippen LogP contribution in [-0.4, -0.2) is 22.2 Å². The van der Waals surface area contributed by atoms with Gasteiger partial charge in [-0.1, -0.05) is 25.4 Å². The van der Waals surface area contributed by atoms with Crippen LogP contribution in [0, 0.1) is 0 Å². The fourth-order valence-electron chi connectivity index (χ4n) is 1.06. The monoisotopic (exact) mass is 250 g/mol. The van der Waals surface area contributed by atoms with E-state index in [0.717, 1.165) is 21.4 Å². The van der Waals surface area contributed by atoms with Crippen molar-refractivity contribution in [2.24, 2.45) is 0 Å². The summed E-state index contributed by atoms with van der Waals surface area (Å²) in [5, 5.41) is 10.3. The zero-order valence-corrected chi connectivity index (χ0v) is 10.8. The molecule has 0 aliphatic rings. The van der Waals surface area contributed by atoms with Gasteiger partial charge in [0.25, 0.3) is 0 Å². The van der Waals surface area contributed by atoms with Gasteiger partial charge in [-0.2, -0.15) is 11.8 Å². The molecule has 0 saturated carbocycles. The van der Waals surface area contributed by atoms with Crippen LogP contribution in [0.15, 0.2) is 12.1 Å². The SMILES string of the molecule is CC(C)SCC(O)Cc1ccc(Cl)s1. The summed E-state index contributed by atoms with van der Waals surface area (Å²) < 4.78 is 0.795. The third kappa shape index (κ3) is 4.69. The van der Waals surface area contributed by atoms with E-state index in [2.05, 4.69) is 13.8 Å². The lowest BCUT2D eigenvalue weighted by Crippen LogP contribution is -2.14. The van der Waals surface area contributed by atoms with Crippen LogP contribution in [0.25, 0.3) is 0 Å². The standard InChI is InChI=1S/C10H15ClOS2/c1-7(2)13-6-8(12)5-9-3-4-10(11)14-9/h3-4,7-8,12H,5-6H2,1-2H3. The van der Waals surface area contributed by atoms with Crippen LogP contribution in [0.5, 0.6) is 0 Å². The molecule has 1 rings (SSSR count). The Bertz CT molecular complexity index is 273. The van der Waals surface area contributed by atoms with E-state index in [9.17, 15) is 5.11 Å². The number of thioether (sulfide) groups is 1. The average Bonchev–Trinajstić information content (AvgIpc) is 2.48. The topological polar surface area (TPSA) is 20.2 Å². The predicted octanol–water partition coefficient (Wildman–Crippen LogP) is 3.45. The Kier molecular flexibility index (Phi) is 5.31. The summed E-state index contributed by atoms with van der Waals surface area (Å²) in [6.07, 6.45) is 0.467. The first-order chi connectivity index (χ1) is 6.58. The highest BCUT2D eigenvalue weighted by Crippen LogP contribution is 2.23. The molecule has 0 amide bonds. The van der Waals surface area contributed by atoms with E-state index < -0.39 is 0 Å². The Morgan fingerprint density at radius 2 is 2.21 bits per heavy atom. The quantitative estimate of drug-likeness (QED) is 0.864. The minimum atomic E-state index is -0.253. The van der Waals surface area contributed by atoms with E-state index in [1.165, 1.54) is 0 Å². The molecule has 0 saturated heterocycles. The van der Waals surface area contributed by atoms with Gasteiger partial charge in [-0.05, 0) is 17.4 Å². The molecule has 0 fully saturated rings. The summed E-state index contributed by atoms with van der Waals surface area (Å²) in [4.78, 5) is 1.16. The Balaban J connectivity index is 2.30. The summed E-state index contributed by atoms with van der Waals surface area (Å²) in [6.45, 7) is 4.28. The highest BCUT2D eigenvalue weighted by molar-refractivity contribution is 7.99. The normalized spacial score (nSPS) is 13.5. The van der Waals surface area contributed by atoms with Crippen molar-refractivity contribution in [1.29, 1.82) is 0 Å². The fourth-order valence-corrected chi connectivity index (χ4v) is 2.94. The van der Waals surface area contributed by atoms with E-state index >= 15 is 0 Å². The van der Waals surface area contributed by atoms with E-state index in [1.54, 1.807) is 23.1 Å². The largest absolute Gasteiger partial charge is 0.392 e. The third-order valence-corrected chi connectivity index (χ3v) is 4.18. The maximum absolute atomic E-state index is 9.70. The highest BCUT2D eigenvalue weighted by atomic mass is 35.5. The average molecular weight is 251 g/mol. The molecule has 0 aliphatic heterocycles. The van der Waals surface area contributed by atoms with Crippen molar-refractivity contribution in [3.63, 3.8) is 0 Å². The molecule has 4 heteroatoms. The van der Waals surface area contributed by atoms with Crippen molar-refractivity contribution in [3.05, 3.63) is 21.3 Å². The zero-order chi connectivity index (χ0) is 10.6. The Morgan fingerprint density at radius 3 is 2.71 bits per heavy atom. The van der Waals surface area contributed by atoms with Crippen LogP contribution in [-0.2, 0) is 6.42 Å². The Labute approximate surface area is 98.5 Å². The van der Waals surface area contributed by atoms with Gasteiger partial charge in [-0.15, -0.1) is 11.3 Å².